The summed E-state index contributed by atoms with van der Waals surface area (Å²) in [6, 6.07) is 8.60. The van der Waals surface area contributed by atoms with Crippen LogP contribution in [0.2, 0.25) is 0 Å². The molecule has 0 saturated carbocycles. The van der Waals surface area contributed by atoms with Crippen LogP contribution in [-0.4, -0.2) is 19.6 Å². The summed E-state index contributed by atoms with van der Waals surface area (Å²) in [5, 5.41) is 2.89. The van der Waals surface area contributed by atoms with Crippen LogP contribution in [0.15, 0.2) is 41.0 Å². The molecule has 1 aromatic heterocycles. The molecule has 0 aliphatic rings. The number of nitrogens with one attached hydrogen (secondary N) is 1. The van der Waals surface area contributed by atoms with E-state index in [0.717, 1.165) is 12.8 Å². The van der Waals surface area contributed by atoms with Crippen LogP contribution in [0.25, 0.3) is 0 Å². The van der Waals surface area contributed by atoms with Gasteiger partial charge in [-0.25, -0.2) is 0 Å². The molecule has 124 valence electrons. The van der Waals surface area contributed by atoms with Crippen molar-refractivity contribution in [3.63, 3.8) is 0 Å². The molecule has 0 radical (unpaired) electrons. The Hall–Kier alpha value is -2.43. The lowest BCUT2D eigenvalue weighted by Gasteiger charge is -2.14. The van der Waals surface area contributed by atoms with Crippen molar-refractivity contribution >= 4 is 5.91 Å². The maximum atomic E-state index is 12.3. The number of carbonyl (C=O) groups excluding carboxylic acids is 1. The van der Waals surface area contributed by atoms with Gasteiger partial charge >= 0.3 is 0 Å². The van der Waals surface area contributed by atoms with Gasteiger partial charge in [-0.2, -0.15) is 0 Å². The predicted molar refractivity (Wildman–Crippen MR) is 88.0 cm³/mol. The van der Waals surface area contributed by atoms with Gasteiger partial charge in [0.05, 0.1) is 26.0 Å². The van der Waals surface area contributed by atoms with Crippen molar-refractivity contribution in [3.8, 4) is 11.5 Å². The van der Waals surface area contributed by atoms with Crippen molar-refractivity contribution < 1.29 is 18.7 Å². The molecule has 1 aromatic carbocycles. The maximum Gasteiger partial charge on any atom is 0.252 e. The summed E-state index contributed by atoms with van der Waals surface area (Å²) in [4.78, 5) is 12.3. The first-order valence-electron chi connectivity index (χ1n) is 7.80. The van der Waals surface area contributed by atoms with E-state index < -0.39 is 0 Å². The minimum atomic E-state index is -0.205. The Bertz CT molecular complexity index is 622. The Morgan fingerprint density at radius 2 is 2.13 bits per heavy atom. The fourth-order valence-electron chi connectivity index (χ4n) is 2.14. The van der Waals surface area contributed by atoms with Gasteiger partial charge in [0.2, 0.25) is 0 Å². The van der Waals surface area contributed by atoms with Crippen LogP contribution < -0.4 is 14.8 Å². The fourth-order valence-corrected chi connectivity index (χ4v) is 2.14. The third-order valence-electron chi connectivity index (χ3n) is 3.50. The van der Waals surface area contributed by atoms with Gasteiger partial charge in [0, 0.05) is 5.56 Å². The van der Waals surface area contributed by atoms with Crippen LogP contribution in [0.5, 0.6) is 11.5 Å². The van der Waals surface area contributed by atoms with Gasteiger partial charge < -0.3 is 19.2 Å². The molecule has 5 nitrogen and oxygen atoms in total. The summed E-state index contributed by atoms with van der Waals surface area (Å²) in [6.07, 6.45) is 3.63. The number of carbonyl (C=O) groups is 1. The lowest BCUT2D eigenvalue weighted by molar-refractivity contribution is 0.0935. The number of unbranched alkanes of at least 4 members (excludes halogenated alkanes) is 1. The Balaban J connectivity index is 2.05. The molecule has 0 bridgehead atoms. The van der Waals surface area contributed by atoms with Crippen molar-refractivity contribution in [2.75, 3.05) is 13.7 Å². The molecule has 0 unspecified atom stereocenters. The summed E-state index contributed by atoms with van der Waals surface area (Å²) in [6.45, 7) is 4.61. The lowest BCUT2D eigenvalue weighted by atomic mass is 10.1. The van der Waals surface area contributed by atoms with Gasteiger partial charge in [-0.05, 0) is 43.7 Å². The SMILES string of the molecule is CCCCOc1ccc(C(=O)N[C@@H](C)c2ccco2)cc1OC. The molecule has 2 rings (SSSR count). The second-order valence-electron chi connectivity index (χ2n) is 5.28. The smallest absolute Gasteiger partial charge is 0.252 e. The minimum Gasteiger partial charge on any atom is -0.493 e. The van der Waals surface area contributed by atoms with Crippen LogP contribution in [0.1, 0.15) is 48.8 Å². The maximum absolute atomic E-state index is 12.3. The highest BCUT2D eigenvalue weighted by Gasteiger charge is 2.15. The number of methoxy groups -OCH3 is 1. The summed E-state index contributed by atoms with van der Waals surface area (Å²) < 4.78 is 16.3. The second-order valence-corrected chi connectivity index (χ2v) is 5.28. The van der Waals surface area contributed by atoms with Gasteiger partial charge in [0.25, 0.3) is 5.91 Å². The molecule has 0 saturated heterocycles. The third kappa shape index (κ3) is 4.52. The van der Waals surface area contributed by atoms with Gasteiger partial charge in [-0.15, -0.1) is 0 Å². The van der Waals surface area contributed by atoms with E-state index >= 15 is 0 Å². The van der Waals surface area contributed by atoms with E-state index in [-0.39, 0.29) is 11.9 Å². The topological polar surface area (TPSA) is 60.7 Å². The fraction of sp³-hybridized carbons (Fsp3) is 0.389. The molecule has 5 heteroatoms. The molecule has 1 amide bonds. The van der Waals surface area contributed by atoms with Crippen LogP contribution in [-0.2, 0) is 0 Å². The van der Waals surface area contributed by atoms with Crippen LogP contribution in [0.4, 0.5) is 0 Å². The molecule has 2 aromatic rings. The number of furan rings is 1. The molecular formula is C18H23NO4. The Kier molecular flexibility index (Phi) is 6.09. The first-order valence-corrected chi connectivity index (χ1v) is 7.80. The minimum absolute atomic E-state index is 0.188. The molecule has 23 heavy (non-hydrogen) atoms. The molecule has 0 spiro atoms. The van der Waals surface area contributed by atoms with E-state index in [4.69, 9.17) is 13.9 Å². The summed E-state index contributed by atoms with van der Waals surface area (Å²) in [5.41, 5.74) is 0.517. The molecule has 0 fully saturated rings. The number of amides is 1. The van der Waals surface area contributed by atoms with E-state index in [1.807, 2.05) is 13.0 Å². The highest BCUT2D eigenvalue weighted by Crippen LogP contribution is 2.28. The highest BCUT2D eigenvalue weighted by molar-refractivity contribution is 5.95. The monoisotopic (exact) mass is 317 g/mol. The molecule has 0 aliphatic carbocycles. The molecule has 1 N–H and O–H groups in total. The van der Waals surface area contributed by atoms with Gasteiger partial charge in [0.15, 0.2) is 11.5 Å². The zero-order chi connectivity index (χ0) is 16.7. The number of hydrogen-bond acceptors (Lipinski definition) is 4. The van der Waals surface area contributed by atoms with Crippen molar-refractivity contribution in [1.29, 1.82) is 0 Å². The second kappa shape index (κ2) is 8.27. The van der Waals surface area contributed by atoms with Crippen LogP contribution >= 0.6 is 0 Å². The third-order valence-corrected chi connectivity index (χ3v) is 3.50. The van der Waals surface area contributed by atoms with E-state index in [9.17, 15) is 4.79 Å². The van der Waals surface area contributed by atoms with Gasteiger partial charge in [-0.1, -0.05) is 13.3 Å². The van der Waals surface area contributed by atoms with Crippen molar-refractivity contribution in [2.24, 2.45) is 0 Å². The lowest BCUT2D eigenvalue weighted by Crippen LogP contribution is -2.26. The van der Waals surface area contributed by atoms with Crippen molar-refractivity contribution in [3.05, 3.63) is 47.9 Å². The first kappa shape index (κ1) is 16.9. The Labute approximate surface area is 136 Å². The zero-order valence-corrected chi connectivity index (χ0v) is 13.8. The van der Waals surface area contributed by atoms with Gasteiger partial charge in [-0.3, -0.25) is 4.79 Å². The van der Waals surface area contributed by atoms with Crippen molar-refractivity contribution in [1.82, 2.24) is 5.32 Å². The number of ether oxygens (including phenoxy) is 2. The molecule has 1 heterocycles. The Morgan fingerprint density at radius 3 is 2.78 bits per heavy atom. The van der Waals surface area contributed by atoms with E-state index in [1.165, 1.54) is 0 Å². The summed E-state index contributed by atoms with van der Waals surface area (Å²) in [5.74, 6) is 1.73. The highest BCUT2D eigenvalue weighted by atomic mass is 16.5. The number of hydrogen-bond donors (Lipinski definition) is 1. The number of rotatable bonds is 8. The standard InChI is InChI=1S/C18H23NO4/c1-4-5-10-23-16-9-8-14(12-17(16)21-3)18(20)19-13(2)15-7-6-11-22-15/h6-9,11-13H,4-5,10H2,1-3H3,(H,19,20)/t13-/m0/s1. The zero-order valence-electron chi connectivity index (χ0n) is 13.8. The van der Waals surface area contributed by atoms with E-state index in [1.54, 1.807) is 37.6 Å². The Morgan fingerprint density at radius 1 is 1.30 bits per heavy atom. The summed E-state index contributed by atoms with van der Waals surface area (Å²) in [7, 11) is 1.56. The normalized spacial score (nSPS) is 11.8. The van der Waals surface area contributed by atoms with Crippen LogP contribution in [0.3, 0.4) is 0 Å². The van der Waals surface area contributed by atoms with Crippen LogP contribution in [0, 0.1) is 0 Å². The average Bonchev–Trinajstić information content (AvgIpc) is 3.09. The summed E-state index contributed by atoms with van der Waals surface area (Å²) >= 11 is 0. The van der Waals surface area contributed by atoms with E-state index in [0.29, 0.717) is 29.4 Å². The van der Waals surface area contributed by atoms with E-state index in [2.05, 4.69) is 12.2 Å². The predicted octanol–water partition coefficient (Wildman–Crippen LogP) is 3.96. The number of benzene rings is 1. The molecular weight excluding hydrogens is 294 g/mol. The van der Waals surface area contributed by atoms with Gasteiger partial charge in [0.1, 0.15) is 5.76 Å². The van der Waals surface area contributed by atoms with Crippen molar-refractivity contribution in [2.45, 2.75) is 32.7 Å². The molecule has 1 atom stereocenters. The first-order chi connectivity index (χ1) is 11.2. The average molecular weight is 317 g/mol. The molecule has 0 aliphatic heterocycles. The quantitative estimate of drug-likeness (QED) is 0.749. The largest absolute Gasteiger partial charge is 0.493 e.